The van der Waals surface area contributed by atoms with Crippen LogP contribution in [-0.2, 0) is 0 Å². The minimum Gasteiger partial charge on any atom is -0.268 e. The van der Waals surface area contributed by atoms with E-state index < -0.39 is 5.91 Å². The van der Waals surface area contributed by atoms with Crippen LogP contribution in [0.4, 0.5) is 0 Å². The van der Waals surface area contributed by atoms with Crippen LogP contribution in [0.15, 0.2) is 46.3 Å². The number of benzene rings is 1. The van der Waals surface area contributed by atoms with Crippen LogP contribution in [-0.4, -0.2) is 22.3 Å². The van der Waals surface area contributed by atoms with E-state index in [2.05, 4.69) is 20.7 Å². The maximum absolute atomic E-state index is 11.6. The van der Waals surface area contributed by atoms with Crippen molar-refractivity contribution in [3.05, 3.63) is 63.0 Å². The number of aromatic amines is 1. The summed E-state index contributed by atoms with van der Waals surface area (Å²) in [6.07, 6.45) is 1.47. The molecule has 2 aromatic rings. The third-order valence-corrected chi connectivity index (χ3v) is 2.41. The number of hydrogen-bond acceptors (Lipinski definition) is 4. The first-order valence-corrected chi connectivity index (χ1v) is 5.67. The van der Waals surface area contributed by atoms with Gasteiger partial charge >= 0.3 is 0 Å². The van der Waals surface area contributed by atoms with Crippen molar-refractivity contribution in [3.8, 4) is 0 Å². The molecule has 0 aliphatic carbocycles. The Bertz CT molecular complexity index is 644. The quantitative estimate of drug-likeness (QED) is 0.652. The Balaban J connectivity index is 1.98. The van der Waals surface area contributed by atoms with Crippen molar-refractivity contribution in [3.63, 3.8) is 0 Å². The van der Waals surface area contributed by atoms with Gasteiger partial charge in [-0.3, -0.25) is 9.59 Å². The van der Waals surface area contributed by atoms with Crippen molar-refractivity contribution < 1.29 is 4.79 Å². The Hall–Kier alpha value is -2.47. The number of H-pyrrole nitrogens is 1. The zero-order chi connectivity index (χ0) is 13.7. The molecular weight excluding hydrogens is 268 g/mol. The lowest BCUT2D eigenvalue weighted by molar-refractivity contribution is 0.0949. The Morgan fingerprint density at radius 2 is 2.00 bits per heavy atom. The number of carbonyl (C=O) groups is 1. The lowest BCUT2D eigenvalue weighted by Gasteiger charge is -1.97. The summed E-state index contributed by atoms with van der Waals surface area (Å²) < 4.78 is 0. The van der Waals surface area contributed by atoms with Crippen molar-refractivity contribution in [1.82, 2.24) is 15.6 Å². The Morgan fingerprint density at radius 1 is 1.26 bits per heavy atom. The third kappa shape index (κ3) is 3.75. The van der Waals surface area contributed by atoms with E-state index in [4.69, 9.17) is 11.6 Å². The van der Waals surface area contributed by atoms with Crippen LogP contribution in [0, 0.1) is 0 Å². The van der Waals surface area contributed by atoms with Crippen LogP contribution >= 0.6 is 11.6 Å². The van der Waals surface area contributed by atoms with E-state index in [0.29, 0.717) is 5.02 Å². The molecule has 0 aliphatic heterocycles. The van der Waals surface area contributed by atoms with E-state index in [1.54, 1.807) is 24.3 Å². The molecule has 0 bridgehead atoms. The average Bonchev–Trinajstić information content (AvgIpc) is 2.41. The van der Waals surface area contributed by atoms with Crippen LogP contribution < -0.4 is 11.0 Å². The summed E-state index contributed by atoms with van der Waals surface area (Å²) in [6.45, 7) is 0. The average molecular weight is 277 g/mol. The van der Waals surface area contributed by atoms with Crippen LogP contribution in [0.5, 0.6) is 0 Å². The Labute approximate surface area is 113 Å². The molecule has 1 aromatic carbocycles. The maximum Gasteiger partial charge on any atom is 0.291 e. The summed E-state index contributed by atoms with van der Waals surface area (Å²) in [5.74, 6) is -0.513. The fraction of sp³-hybridized carbons (Fsp3) is 0. The summed E-state index contributed by atoms with van der Waals surface area (Å²) in [6, 6.07) is 9.48. The molecule has 0 radical (unpaired) electrons. The molecule has 0 atom stereocenters. The number of carbonyl (C=O) groups excluding carboxylic acids is 1. The SMILES string of the molecule is O=C(N/N=C\c1ccc(Cl)cc1)c1ccc(=O)[nH]n1. The van der Waals surface area contributed by atoms with Crippen molar-refractivity contribution in [1.29, 1.82) is 0 Å². The lowest BCUT2D eigenvalue weighted by Crippen LogP contribution is -2.21. The first kappa shape index (κ1) is 13.0. The maximum atomic E-state index is 11.6. The predicted molar refractivity (Wildman–Crippen MR) is 71.4 cm³/mol. The van der Waals surface area contributed by atoms with Crippen molar-refractivity contribution >= 4 is 23.7 Å². The number of hydrazone groups is 1. The van der Waals surface area contributed by atoms with Gasteiger partial charge in [0.25, 0.3) is 11.5 Å². The van der Waals surface area contributed by atoms with Crippen LogP contribution in [0.2, 0.25) is 5.02 Å². The molecule has 0 saturated carbocycles. The molecule has 0 spiro atoms. The van der Waals surface area contributed by atoms with Gasteiger partial charge < -0.3 is 0 Å². The lowest BCUT2D eigenvalue weighted by atomic mass is 10.2. The fourth-order valence-electron chi connectivity index (χ4n) is 1.24. The van der Waals surface area contributed by atoms with Crippen molar-refractivity contribution in [2.75, 3.05) is 0 Å². The van der Waals surface area contributed by atoms with Gasteiger partial charge in [0.2, 0.25) is 0 Å². The Morgan fingerprint density at radius 3 is 2.63 bits per heavy atom. The second kappa shape index (κ2) is 5.92. The number of nitrogens with one attached hydrogen (secondary N) is 2. The van der Waals surface area contributed by atoms with E-state index in [9.17, 15) is 9.59 Å². The predicted octanol–water partition coefficient (Wildman–Crippen LogP) is 1.19. The minimum absolute atomic E-state index is 0.0767. The van der Waals surface area contributed by atoms with Gasteiger partial charge in [-0.1, -0.05) is 23.7 Å². The standard InChI is InChI=1S/C12H9ClN4O2/c13-9-3-1-8(2-4-9)7-14-17-12(19)10-5-6-11(18)16-15-10/h1-7H,(H,16,18)(H,17,19)/b14-7-. The minimum atomic E-state index is -0.513. The van der Waals surface area contributed by atoms with E-state index in [-0.39, 0.29) is 11.3 Å². The summed E-state index contributed by atoms with van der Waals surface area (Å²) >= 11 is 5.74. The molecule has 1 amide bonds. The first-order chi connectivity index (χ1) is 9.15. The molecular formula is C12H9ClN4O2. The van der Waals surface area contributed by atoms with Crippen molar-refractivity contribution in [2.24, 2.45) is 5.10 Å². The molecule has 1 heterocycles. The van der Waals surface area contributed by atoms with Crippen LogP contribution in [0.25, 0.3) is 0 Å². The van der Waals surface area contributed by atoms with Gasteiger partial charge in [0.1, 0.15) is 0 Å². The second-order valence-electron chi connectivity index (χ2n) is 3.56. The summed E-state index contributed by atoms with van der Waals surface area (Å²) in [4.78, 5) is 22.4. The molecule has 6 nitrogen and oxygen atoms in total. The Kier molecular flexibility index (Phi) is 4.04. The highest BCUT2D eigenvalue weighted by atomic mass is 35.5. The van der Waals surface area contributed by atoms with Crippen molar-refractivity contribution in [2.45, 2.75) is 0 Å². The highest BCUT2D eigenvalue weighted by Crippen LogP contribution is 2.07. The molecule has 2 N–H and O–H groups in total. The van der Waals surface area contributed by atoms with E-state index in [1.165, 1.54) is 18.3 Å². The van der Waals surface area contributed by atoms with Gasteiger partial charge in [-0.25, -0.2) is 10.5 Å². The number of halogens is 1. The molecule has 0 unspecified atom stereocenters. The number of hydrogen-bond donors (Lipinski definition) is 2. The largest absolute Gasteiger partial charge is 0.291 e. The monoisotopic (exact) mass is 276 g/mol. The summed E-state index contributed by atoms with van der Waals surface area (Å²) in [5.41, 5.74) is 2.79. The number of nitrogens with zero attached hydrogens (tertiary/aromatic N) is 2. The normalized spacial score (nSPS) is 10.6. The molecule has 0 saturated heterocycles. The van der Waals surface area contributed by atoms with Gasteiger partial charge in [-0.15, -0.1) is 0 Å². The van der Waals surface area contributed by atoms with Crippen LogP contribution in [0.1, 0.15) is 16.1 Å². The molecule has 0 fully saturated rings. The van der Waals surface area contributed by atoms with Gasteiger partial charge in [0.15, 0.2) is 5.69 Å². The molecule has 0 aliphatic rings. The number of rotatable bonds is 3. The van der Waals surface area contributed by atoms with E-state index in [0.717, 1.165) is 5.56 Å². The van der Waals surface area contributed by atoms with Gasteiger partial charge in [0, 0.05) is 11.1 Å². The molecule has 2 rings (SSSR count). The number of amides is 1. The van der Waals surface area contributed by atoms with E-state index in [1.807, 2.05) is 0 Å². The number of aromatic nitrogens is 2. The highest BCUT2D eigenvalue weighted by Gasteiger charge is 2.04. The summed E-state index contributed by atoms with van der Waals surface area (Å²) in [7, 11) is 0. The zero-order valence-electron chi connectivity index (χ0n) is 9.63. The fourth-order valence-corrected chi connectivity index (χ4v) is 1.37. The van der Waals surface area contributed by atoms with E-state index >= 15 is 0 Å². The molecule has 19 heavy (non-hydrogen) atoms. The van der Waals surface area contributed by atoms with Gasteiger partial charge in [-0.05, 0) is 23.8 Å². The van der Waals surface area contributed by atoms with Gasteiger partial charge in [-0.2, -0.15) is 10.2 Å². The second-order valence-corrected chi connectivity index (χ2v) is 3.99. The third-order valence-electron chi connectivity index (χ3n) is 2.16. The smallest absolute Gasteiger partial charge is 0.268 e. The first-order valence-electron chi connectivity index (χ1n) is 5.30. The van der Waals surface area contributed by atoms with Gasteiger partial charge in [0.05, 0.1) is 6.21 Å². The summed E-state index contributed by atoms with van der Waals surface area (Å²) in [5, 5.41) is 10.1. The topological polar surface area (TPSA) is 87.2 Å². The molecule has 7 heteroatoms. The zero-order valence-corrected chi connectivity index (χ0v) is 10.4. The molecule has 96 valence electrons. The highest BCUT2D eigenvalue weighted by molar-refractivity contribution is 6.30. The van der Waals surface area contributed by atoms with Crippen LogP contribution in [0.3, 0.4) is 0 Å². The molecule has 1 aromatic heterocycles.